The van der Waals surface area contributed by atoms with E-state index in [1.807, 2.05) is 18.2 Å². The summed E-state index contributed by atoms with van der Waals surface area (Å²) >= 11 is 0. The molecule has 1 N–H and O–H groups in total. The average molecular weight is 210 g/mol. The number of hydrogen-bond acceptors (Lipinski definition) is 1. The van der Waals surface area contributed by atoms with Crippen LogP contribution in [0.3, 0.4) is 0 Å². The summed E-state index contributed by atoms with van der Waals surface area (Å²) in [6, 6.07) is 16.2. The van der Waals surface area contributed by atoms with E-state index in [4.69, 9.17) is 0 Å². The van der Waals surface area contributed by atoms with Crippen molar-refractivity contribution in [3.8, 4) is 5.75 Å². The van der Waals surface area contributed by atoms with Crippen LogP contribution in [0, 0.1) is 0 Å². The first-order valence-electron chi connectivity index (χ1n) is 5.69. The lowest BCUT2D eigenvalue weighted by Gasteiger charge is -2.10. The van der Waals surface area contributed by atoms with Gasteiger partial charge < -0.3 is 5.11 Å². The number of para-hydroxylation sites is 1. The third-order valence-electron chi connectivity index (χ3n) is 3.43. The highest BCUT2D eigenvalue weighted by Gasteiger charge is 2.23. The standard InChI is InChI=1S/C15H14O/c16-15-8-4-3-7-14(15)13-9-11-5-1-2-6-12(11)10-13/h1-8,13,16H,9-10H2. The van der Waals surface area contributed by atoms with Crippen LogP contribution in [0.1, 0.15) is 22.6 Å². The molecule has 0 atom stereocenters. The van der Waals surface area contributed by atoms with Crippen LogP contribution >= 0.6 is 0 Å². The molecule has 0 amide bonds. The topological polar surface area (TPSA) is 20.2 Å². The minimum atomic E-state index is 0.431. The lowest BCUT2D eigenvalue weighted by atomic mass is 9.95. The number of fused-ring (bicyclic) bond motifs is 1. The van der Waals surface area contributed by atoms with Gasteiger partial charge in [0, 0.05) is 0 Å². The first kappa shape index (κ1) is 9.46. The minimum absolute atomic E-state index is 0.431. The van der Waals surface area contributed by atoms with Gasteiger partial charge in [-0.05, 0) is 41.5 Å². The molecular weight excluding hydrogens is 196 g/mol. The molecule has 3 rings (SSSR count). The zero-order chi connectivity index (χ0) is 11.0. The molecule has 1 nitrogen and oxygen atoms in total. The van der Waals surface area contributed by atoms with Crippen LogP contribution in [0.5, 0.6) is 5.75 Å². The molecule has 0 aliphatic heterocycles. The first-order chi connectivity index (χ1) is 7.84. The van der Waals surface area contributed by atoms with Gasteiger partial charge >= 0.3 is 0 Å². The van der Waals surface area contributed by atoms with E-state index in [1.165, 1.54) is 11.1 Å². The van der Waals surface area contributed by atoms with Gasteiger partial charge in [0.25, 0.3) is 0 Å². The van der Waals surface area contributed by atoms with Crippen LogP contribution in [-0.4, -0.2) is 5.11 Å². The van der Waals surface area contributed by atoms with Crippen molar-refractivity contribution in [3.05, 3.63) is 65.2 Å². The Hall–Kier alpha value is -1.76. The van der Waals surface area contributed by atoms with E-state index in [0.29, 0.717) is 11.7 Å². The van der Waals surface area contributed by atoms with Gasteiger partial charge in [0.15, 0.2) is 0 Å². The Labute approximate surface area is 95.4 Å². The lowest BCUT2D eigenvalue weighted by molar-refractivity contribution is 0.462. The van der Waals surface area contributed by atoms with Gasteiger partial charge in [0.05, 0.1) is 0 Å². The van der Waals surface area contributed by atoms with E-state index in [0.717, 1.165) is 18.4 Å². The molecule has 0 fully saturated rings. The Bertz CT molecular complexity index is 491. The number of aromatic hydroxyl groups is 1. The van der Waals surface area contributed by atoms with Crippen molar-refractivity contribution in [1.29, 1.82) is 0 Å². The van der Waals surface area contributed by atoms with Gasteiger partial charge in [0.2, 0.25) is 0 Å². The lowest BCUT2D eigenvalue weighted by Crippen LogP contribution is -1.97. The summed E-state index contributed by atoms with van der Waals surface area (Å²) in [5, 5.41) is 9.85. The summed E-state index contributed by atoms with van der Waals surface area (Å²) < 4.78 is 0. The number of phenols is 1. The highest BCUT2D eigenvalue weighted by molar-refractivity contribution is 5.42. The molecule has 1 aliphatic carbocycles. The van der Waals surface area contributed by atoms with E-state index in [1.54, 1.807) is 6.07 Å². The maximum absolute atomic E-state index is 9.85. The van der Waals surface area contributed by atoms with Gasteiger partial charge in [-0.1, -0.05) is 42.5 Å². The molecule has 80 valence electrons. The fourth-order valence-electron chi connectivity index (χ4n) is 2.61. The molecule has 1 heteroatoms. The summed E-state index contributed by atoms with van der Waals surface area (Å²) in [6.45, 7) is 0. The highest BCUT2D eigenvalue weighted by Crippen LogP contribution is 2.37. The Morgan fingerprint density at radius 2 is 1.38 bits per heavy atom. The van der Waals surface area contributed by atoms with E-state index >= 15 is 0 Å². The van der Waals surface area contributed by atoms with Crippen LogP contribution < -0.4 is 0 Å². The molecule has 0 unspecified atom stereocenters. The molecule has 0 saturated carbocycles. The van der Waals surface area contributed by atoms with Gasteiger partial charge in [-0.25, -0.2) is 0 Å². The molecule has 0 aromatic heterocycles. The number of benzene rings is 2. The van der Waals surface area contributed by atoms with Gasteiger partial charge in [-0.15, -0.1) is 0 Å². The van der Waals surface area contributed by atoms with E-state index < -0.39 is 0 Å². The molecule has 0 spiro atoms. The van der Waals surface area contributed by atoms with Crippen LogP contribution in [0.2, 0.25) is 0 Å². The molecular formula is C15H14O. The smallest absolute Gasteiger partial charge is 0.119 e. The van der Waals surface area contributed by atoms with Crippen LogP contribution in [0.25, 0.3) is 0 Å². The summed E-state index contributed by atoms with van der Waals surface area (Å²) in [7, 11) is 0. The largest absolute Gasteiger partial charge is 0.508 e. The molecule has 2 aromatic carbocycles. The molecule has 16 heavy (non-hydrogen) atoms. The third-order valence-corrected chi connectivity index (χ3v) is 3.43. The fraction of sp³-hybridized carbons (Fsp3) is 0.200. The summed E-state index contributed by atoms with van der Waals surface area (Å²) in [5.74, 6) is 0.874. The van der Waals surface area contributed by atoms with E-state index in [2.05, 4.69) is 24.3 Å². The second-order valence-corrected chi connectivity index (χ2v) is 4.43. The first-order valence-corrected chi connectivity index (χ1v) is 5.69. The zero-order valence-electron chi connectivity index (χ0n) is 9.06. The Balaban J connectivity index is 1.95. The fourth-order valence-corrected chi connectivity index (χ4v) is 2.61. The number of hydrogen-bond donors (Lipinski definition) is 1. The van der Waals surface area contributed by atoms with E-state index in [9.17, 15) is 5.11 Å². The van der Waals surface area contributed by atoms with Gasteiger partial charge in [-0.2, -0.15) is 0 Å². The second-order valence-electron chi connectivity index (χ2n) is 4.43. The van der Waals surface area contributed by atoms with Crippen molar-refractivity contribution in [3.63, 3.8) is 0 Å². The van der Waals surface area contributed by atoms with Crippen molar-refractivity contribution in [2.24, 2.45) is 0 Å². The van der Waals surface area contributed by atoms with Crippen LogP contribution in [-0.2, 0) is 12.8 Å². The quantitative estimate of drug-likeness (QED) is 0.765. The molecule has 0 saturated heterocycles. The average Bonchev–Trinajstić information content (AvgIpc) is 2.73. The SMILES string of the molecule is Oc1ccccc1C1Cc2ccccc2C1. The van der Waals surface area contributed by atoms with E-state index in [-0.39, 0.29) is 0 Å². The predicted octanol–water partition coefficient (Wildman–Crippen LogP) is 3.27. The van der Waals surface area contributed by atoms with Crippen molar-refractivity contribution < 1.29 is 5.11 Å². The van der Waals surface area contributed by atoms with Crippen molar-refractivity contribution >= 4 is 0 Å². The minimum Gasteiger partial charge on any atom is -0.508 e. The van der Waals surface area contributed by atoms with Crippen molar-refractivity contribution in [2.75, 3.05) is 0 Å². The number of phenolic OH excluding ortho intramolecular Hbond substituents is 1. The Morgan fingerprint density at radius 3 is 2.00 bits per heavy atom. The van der Waals surface area contributed by atoms with Crippen molar-refractivity contribution in [1.82, 2.24) is 0 Å². The summed E-state index contributed by atoms with van der Waals surface area (Å²) in [6.07, 6.45) is 2.10. The summed E-state index contributed by atoms with van der Waals surface area (Å²) in [4.78, 5) is 0. The predicted molar refractivity (Wildman–Crippen MR) is 64.7 cm³/mol. The second kappa shape index (κ2) is 3.67. The molecule has 0 radical (unpaired) electrons. The third kappa shape index (κ3) is 1.49. The molecule has 1 aliphatic rings. The maximum Gasteiger partial charge on any atom is 0.119 e. The van der Waals surface area contributed by atoms with Gasteiger partial charge in [-0.3, -0.25) is 0 Å². The van der Waals surface area contributed by atoms with Gasteiger partial charge in [0.1, 0.15) is 5.75 Å². The number of rotatable bonds is 1. The molecule has 0 bridgehead atoms. The summed E-state index contributed by atoms with van der Waals surface area (Å²) in [5.41, 5.74) is 3.94. The van der Waals surface area contributed by atoms with Crippen molar-refractivity contribution in [2.45, 2.75) is 18.8 Å². The normalized spacial score (nSPS) is 15.0. The van der Waals surface area contributed by atoms with Crippen LogP contribution in [0.15, 0.2) is 48.5 Å². The maximum atomic E-state index is 9.85. The van der Waals surface area contributed by atoms with Crippen LogP contribution in [0.4, 0.5) is 0 Å². The zero-order valence-corrected chi connectivity index (χ0v) is 9.06. The highest BCUT2D eigenvalue weighted by atomic mass is 16.3. The molecule has 2 aromatic rings. The Morgan fingerprint density at radius 1 is 0.812 bits per heavy atom. The Kier molecular flexibility index (Phi) is 2.17. The monoisotopic (exact) mass is 210 g/mol. The molecule has 0 heterocycles.